The third kappa shape index (κ3) is 4.67. The first-order chi connectivity index (χ1) is 11.0. The van der Waals surface area contributed by atoms with Crippen molar-refractivity contribution in [3.8, 4) is 0 Å². The maximum atomic E-state index is 11.9. The maximum Gasteiger partial charge on any atom is 0.318 e. The number of ether oxygens (including phenoxy) is 1. The number of benzene rings is 1. The molecular weight excluding hydrogens is 296 g/mol. The van der Waals surface area contributed by atoms with Crippen molar-refractivity contribution in [3.63, 3.8) is 0 Å². The van der Waals surface area contributed by atoms with Gasteiger partial charge < -0.3 is 15.4 Å². The molecular formula is C16H24N4O3. The van der Waals surface area contributed by atoms with E-state index in [0.717, 1.165) is 37.6 Å². The molecule has 3 N–H and O–H groups in total. The monoisotopic (exact) mass is 320 g/mol. The Kier molecular flexibility index (Phi) is 5.95. The number of anilines is 1. The quantitative estimate of drug-likeness (QED) is 0.827. The van der Waals surface area contributed by atoms with Crippen LogP contribution in [0, 0.1) is 0 Å². The molecule has 1 heterocycles. The zero-order valence-corrected chi connectivity index (χ0v) is 13.6. The lowest BCUT2D eigenvalue weighted by Gasteiger charge is -2.32. The zero-order chi connectivity index (χ0) is 16.8. The molecule has 7 nitrogen and oxygen atoms in total. The van der Waals surface area contributed by atoms with E-state index in [1.807, 2.05) is 24.1 Å². The molecule has 2 rings (SSSR count). The molecule has 0 spiro atoms. The van der Waals surface area contributed by atoms with Crippen molar-refractivity contribution in [2.45, 2.75) is 19.5 Å². The Morgan fingerprint density at radius 1 is 1.35 bits per heavy atom. The molecule has 1 aromatic rings. The van der Waals surface area contributed by atoms with Crippen LogP contribution in [0.2, 0.25) is 0 Å². The van der Waals surface area contributed by atoms with E-state index in [0.29, 0.717) is 6.54 Å². The number of nitrogens with zero attached hydrogens (tertiary/aromatic N) is 2. The Morgan fingerprint density at radius 3 is 2.65 bits per heavy atom. The van der Waals surface area contributed by atoms with Crippen molar-refractivity contribution < 1.29 is 14.3 Å². The molecule has 1 atom stereocenters. The Balaban J connectivity index is 2.07. The topological polar surface area (TPSA) is 87.9 Å². The SMILES string of the molecule is CC(C(=O)NC(N)=O)N(C)Cc1ccccc1N1CCOCC1. The summed E-state index contributed by atoms with van der Waals surface area (Å²) in [4.78, 5) is 26.9. The van der Waals surface area contributed by atoms with Crippen LogP contribution in [0.1, 0.15) is 12.5 Å². The molecule has 1 unspecified atom stereocenters. The van der Waals surface area contributed by atoms with Crippen molar-refractivity contribution in [2.24, 2.45) is 5.73 Å². The number of nitrogens with one attached hydrogen (secondary N) is 1. The fourth-order valence-electron chi connectivity index (χ4n) is 2.59. The van der Waals surface area contributed by atoms with Gasteiger partial charge in [-0.1, -0.05) is 18.2 Å². The number of imide groups is 1. The molecule has 3 amide bonds. The number of para-hydroxylation sites is 1. The third-order valence-corrected chi connectivity index (χ3v) is 4.05. The Morgan fingerprint density at radius 2 is 2.00 bits per heavy atom. The van der Waals surface area contributed by atoms with Crippen LogP contribution < -0.4 is 16.0 Å². The van der Waals surface area contributed by atoms with Gasteiger partial charge in [-0.25, -0.2) is 4.79 Å². The normalized spacial score (nSPS) is 16.2. The molecule has 1 aliphatic heterocycles. The number of amides is 3. The van der Waals surface area contributed by atoms with E-state index < -0.39 is 18.0 Å². The lowest BCUT2D eigenvalue weighted by atomic mass is 10.1. The number of morpholine rings is 1. The second kappa shape index (κ2) is 7.94. The van der Waals surface area contributed by atoms with Gasteiger partial charge in [-0.3, -0.25) is 15.0 Å². The molecule has 0 aliphatic carbocycles. The third-order valence-electron chi connectivity index (χ3n) is 4.05. The van der Waals surface area contributed by atoms with Crippen LogP contribution in [0.4, 0.5) is 10.5 Å². The van der Waals surface area contributed by atoms with E-state index in [2.05, 4.69) is 22.3 Å². The Bertz CT molecular complexity index is 558. The fourth-order valence-corrected chi connectivity index (χ4v) is 2.59. The minimum absolute atomic E-state index is 0.399. The summed E-state index contributed by atoms with van der Waals surface area (Å²) >= 11 is 0. The smallest absolute Gasteiger partial charge is 0.318 e. The van der Waals surface area contributed by atoms with Gasteiger partial charge in [0.05, 0.1) is 19.3 Å². The summed E-state index contributed by atoms with van der Waals surface area (Å²) in [5.41, 5.74) is 7.29. The first-order valence-corrected chi connectivity index (χ1v) is 7.70. The minimum atomic E-state index is -0.830. The van der Waals surface area contributed by atoms with Gasteiger partial charge in [-0.2, -0.15) is 0 Å². The largest absolute Gasteiger partial charge is 0.378 e. The summed E-state index contributed by atoms with van der Waals surface area (Å²) in [6.45, 7) is 5.51. The molecule has 0 bridgehead atoms. The standard InChI is InChI=1S/C16H24N4O3/c1-12(15(21)18-16(17)22)19(2)11-13-5-3-4-6-14(13)20-7-9-23-10-8-20/h3-6,12H,7-11H2,1-2H3,(H3,17,18,21,22). The van der Waals surface area contributed by atoms with E-state index in [9.17, 15) is 9.59 Å². The van der Waals surface area contributed by atoms with Crippen LogP contribution in [0.5, 0.6) is 0 Å². The average Bonchev–Trinajstić information content (AvgIpc) is 2.54. The predicted molar refractivity (Wildman–Crippen MR) is 88.1 cm³/mol. The number of carbonyl (C=O) groups is 2. The molecule has 1 aromatic carbocycles. The van der Waals surface area contributed by atoms with Gasteiger partial charge in [0.1, 0.15) is 0 Å². The first-order valence-electron chi connectivity index (χ1n) is 7.70. The molecule has 1 fully saturated rings. The molecule has 1 saturated heterocycles. The number of primary amides is 1. The van der Waals surface area contributed by atoms with E-state index in [4.69, 9.17) is 10.5 Å². The van der Waals surface area contributed by atoms with Crippen molar-refractivity contribution >= 4 is 17.6 Å². The van der Waals surface area contributed by atoms with E-state index in [1.165, 1.54) is 0 Å². The molecule has 1 aliphatic rings. The number of hydrogen-bond donors (Lipinski definition) is 2. The van der Waals surface area contributed by atoms with Crippen molar-refractivity contribution in [1.82, 2.24) is 10.2 Å². The van der Waals surface area contributed by atoms with Crippen molar-refractivity contribution in [3.05, 3.63) is 29.8 Å². The van der Waals surface area contributed by atoms with Gasteiger partial charge in [0.15, 0.2) is 0 Å². The second-order valence-corrected chi connectivity index (χ2v) is 5.67. The minimum Gasteiger partial charge on any atom is -0.378 e. The van der Waals surface area contributed by atoms with E-state index in [1.54, 1.807) is 6.92 Å². The highest BCUT2D eigenvalue weighted by Crippen LogP contribution is 2.23. The fraction of sp³-hybridized carbons (Fsp3) is 0.500. The Hall–Kier alpha value is -2.12. The molecule has 7 heteroatoms. The van der Waals surface area contributed by atoms with Gasteiger partial charge in [0.2, 0.25) is 5.91 Å². The first kappa shape index (κ1) is 17.2. The van der Waals surface area contributed by atoms with Crippen LogP contribution in [-0.2, 0) is 16.1 Å². The van der Waals surface area contributed by atoms with Crippen molar-refractivity contribution in [1.29, 1.82) is 0 Å². The molecule has 23 heavy (non-hydrogen) atoms. The number of rotatable bonds is 5. The molecule has 0 aromatic heterocycles. The van der Waals surface area contributed by atoms with Crippen LogP contribution in [-0.4, -0.2) is 56.2 Å². The number of likely N-dealkylation sites (N-methyl/N-ethyl adjacent to an activating group) is 1. The van der Waals surface area contributed by atoms with Crippen molar-refractivity contribution in [2.75, 3.05) is 38.3 Å². The lowest BCUT2D eigenvalue weighted by molar-refractivity contribution is -0.124. The van der Waals surface area contributed by atoms with Gasteiger partial charge in [-0.15, -0.1) is 0 Å². The molecule has 0 saturated carbocycles. The number of hydrogen-bond acceptors (Lipinski definition) is 5. The van der Waals surface area contributed by atoms with Crippen LogP contribution in [0.15, 0.2) is 24.3 Å². The Labute approximate surface area is 136 Å². The van der Waals surface area contributed by atoms with Gasteiger partial charge in [0.25, 0.3) is 0 Å². The van der Waals surface area contributed by atoms with Crippen LogP contribution >= 0.6 is 0 Å². The maximum absolute atomic E-state index is 11.9. The number of nitrogens with two attached hydrogens (primary N) is 1. The average molecular weight is 320 g/mol. The second-order valence-electron chi connectivity index (χ2n) is 5.67. The van der Waals surface area contributed by atoms with Gasteiger partial charge in [0, 0.05) is 25.3 Å². The summed E-state index contributed by atoms with van der Waals surface area (Å²) in [7, 11) is 1.85. The molecule has 0 radical (unpaired) electrons. The zero-order valence-electron chi connectivity index (χ0n) is 13.6. The van der Waals surface area contributed by atoms with Gasteiger partial charge in [-0.05, 0) is 25.6 Å². The lowest BCUT2D eigenvalue weighted by Crippen LogP contribution is -2.47. The van der Waals surface area contributed by atoms with E-state index in [-0.39, 0.29) is 0 Å². The summed E-state index contributed by atoms with van der Waals surface area (Å²) in [5, 5.41) is 2.12. The molecule has 126 valence electrons. The summed E-state index contributed by atoms with van der Waals surface area (Å²) in [6, 6.07) is 6.85. The summed E-state index contributed by atoms with van der Waals surface area (Å²) < 4.78 is 5.40. The summed E-state index contributed by atoms with van der Waals surface area (Å²) in [6.07, 6.45) is 0. The highest BCUT2D eigenvalue weighted by atomic mass is 16.5. The summed E-state index contributed by atoms with van der Waals surface area (Å²) in [5.74, 6) is -0.399. The number of carbonyl (C=O) groups excluding carboxylic acids is 2. The van der Waals surface area contributed by atoms with E-state index >= 15 is 0 Å². The van der Waals surface area contributed by atoms with Crippen LogP contribution in [0.3, 0.4) is 0 Å². The van der Waals surface area contributed by atoms with Crippen LogP contribution in [0.25, 0.3) is 0 Å². The highest BCUT2D eigenvalue weighted by Gasteiger charge is 2.21. The highest BCUT2D eigenvalue weighted by molar-refractivity contribution is 5.96. The van der Waals surface area contributed by atoms with Gasteiger partial charge >= 0.3 is 6.03 Å². The number of urea groups is 1. The predicted octanol–water partition coefficient (Wildman–Crippen LogP) is 0.538.